The summed E-state index contributed by atoms with van der Waals surface area (Å²) in [5.41, 5.74) is 2.01. The fourth-order valence-electron chi connectivity index (χ4n) is 3.21. The number of rotatable bonds is 6. The quantitative estimate of drug-likeness (QED) is 0.592. The van der Waals surface area contributed by atoms with Gasteiger partial charge in [-0.3, -0.25) is 4.79 Å². The number of terminal acetylenes is 1. The first-order chi connectivity index (χ1) is 14.7. The summed E-state index contributed by atoms with van der Waals surface area (Å²) in [6.07, 6.45) is 5.47. The standard InChI is InChI=1S/C22H22Cl2N2O4S/c1-3-8-25(15-17-6-4-16(2)5-7-17)22(27)18-13-21(20(24)14-19(18)23)31(28,29)26-9-11-30-12-10-26/h1,4-7,13-14H,8-12,15H2,2H3. The van der Waals surface area contributed by atoms with Crippen molar-refractivity contribution in [2.75, 3.05) is 32.8 Å². The van der Waals surface area contributed by atoms with E-state index >= 15 is 0 Å². The maximum Gasteiger partial charge on any atom is 0.256 e. The van der Waals surface area contributed by atoms with Crippen LogP contribution in [0.2, 0.25) is 10.0 Å². The number of ether oxygens (including phenoxy) is 1. The molecule has 0 radical (unpaired) electrons. The zero-order valence-electron chi connectivity index (χ0n) is 17.0. The Balaban J connectivity index is 1.96. The molecule has 1 heterocycles. The predicted molar refractivity (Wildman–Crippen MR) is 121 cm³/mol. The molecular formula is C22H22Cl2N2O4S. The summed E-state index contributed by atoms with van der Waals surface area (Å²) in [6, 6.07) is 10.2. The van der Waals surface area contributed by atoms with Gasteiger partial charge in [-0.05, 0) is 24.6 Å². The van der Waals surface area contributed by atoms with Crippen LogP contribution in [-0.2, 0) is 21.3 Å². The van der Waals surface area contributed by atoms with Gasteiger partial charge in [-0.15, -0.1) is 6.42 Å². The number of halogens is 2. The minimum absolute atomic E-state index is 0.0280. The number of morpholine rings is 1. The molecule has 0 atom stereocenters. The van der Waals surface area contributed by atoms with Gasteiger partial charge in [-0.25, -0.2) is 8.42 Å². The molecule has 2 aromatic rings. The Kier molecular flexibility index (Phi) is 7.63. The first-order valence-corrected chi connectivity index (χ1v) is 11.8. The van der Waals surface area contributed by atoms with Gasteiger partial charge in [0.15, 0.2) is 0 Å². The number of benzene rings is 2. The summed E-state index contributed by atoms with van der Waals surface area (Å²) in [7, 11) is -3.92. The third-order valence-corrected chi connectivity index (χ3v) is 7.58. The van der Waals surface area contributed by atoms with E-state index in [9.17, 15) is 13.2 Å². The lowest BCUT2D eigenvalue weighted by atomic mass is 10.1. The lowest BCUT2D eigenvalue weighted by Gasteiger charge is -2.27. The molecular weight excluding hydrogens is 459 g/mol. The van der Waals surface area contributed by atoms with Gasteiger partial charge in [0.25, 0.3) is 5.91 Å². The molecule has 1 saturated heterocycles. The molecule has 1 aliphatic rings. The van der Waals surface area contributed by atoms with Crippen molar-refractivity contribution in [1.82, 2.24) is 9.21 Å². The zero-order chi connectivity index (χ0) is 22.6. The van der Waals surface area contributed by atoms with Crippen LogP contribution in [0.15, 0.2) is 41.3 Å². The molecule has 1 amide bonds. The van der Waals surface area contributed by atoms with E-state index in [1.807, 2.05) is 31.2 Å². The smallest absolute Gasteiger partial charge is 0.256 e. The maximum absolute atomic E-state index is 13.3. The molecule has 0 N–H and O–H groups in total. The SMILES string of the molecule is C#CCN(Cc1ccc(C)cc1)C(=O)c1cc(S(=O)(=O)N2CCOCC2)c(Cl)cc1Cl. The molecule has 2 aromatic carbocycles. The van der Waals surface area contributed by atoms with Gasteiger partial charge in [-0.1, -0.05) is 59.0 Å². The summed E-state index contributed by atoms with van der Waals surface area (Å²) >= 11 is 12.5. The number of hydrogen-bond acceptors (Lipinski definition) is 4. The molecule has 0 bridgehead atoms. The summed E-state index contributed by atoms with van der Waals surface area (Å²) in [5.74, 6) is 2.00. The predicted octanol–water partition coefficient (Wildman–Crippen LogP) is 3.60. The molecule has 1 fully saturated rings. The first kappa shape index (κ1) is 23.6. The summed E-state index contributed by atoms with van der Waals surface area (Å²) in [5, 5.41) is 0.0110. The number of carbonyl (C=O) groups is 1. The van der Waals surface area contributed by atoms with Crippen molar-refractivity contribution in [1.29, 1.82) is 0 Å². The summed E-state index contributed by atoms with van der Waals surface area (Å²) in [4.78, 5) is 14.5. The van der Waals surface area contributed by atoms with E-state index < -0.39 is 15.9 Å². The Morgan fingerprint density at radius 3 is 2.42 bits per heavy atom. The van der Waals surface area contributed by atoms with Crippen LogP contribution in [0.1, 0.15) is 21.5 Å². The molecule has 31 heavy (non-hydrogen) atoms. The second-order valence-corrected chi connectivity index (χ2v) is 9.85. The van der Waals surface area contributed by atoms with E-state index in [1.54, 1.807) is 0 Å². The second-order valence-electron chi connectivity index (χ2n) is 7.13. The second kappa shape index (κ2) is 10.0. The van der Waals surface area contributed by atoms with Crippen molar-refractivity contribution in [3.8, 4) is 12.3 Å². The first-order valence-electron chi connectivity index (χ1n) is 9.59. The topological polar surface area (TPSA) is 66.9 Å². The van der Waals surface area contributed by atoms with E-state index in [1.165, 1.54) is 21.3 Å². The highest BCUT2D eigenvalue weighted by molar-refractivity contribution is 7.89. The normalized spacial score (nSPS) is 14.8. The number of nitrogens with zero attached hydrogens (tertiary/aromatic N) is 2. The van der Waals surface area contributed by atoms with Crippen molar-refractivity contribution >= 4 is 39.1 Å². The number of sulfonamides is 1. The molecule has 164 valence electrons. The van der Waals surface area contributed by atoms with Crippen molar-refractivity contribution in [3.63, 3.8) is 0 Å². The number of aryl methyl sites for hydroxylation is 1. The van der Waals surface area contributed by atoms with Gasteiger partial charge < -0.3 is 9.64 Å². The van der Waals surface area contributed by atoms with E-state index in [0.29, 0.717) is 13.2 Å². The van der Waals surface area contributed by atoms with Crippen molar-refractivity contribution in [3.05, 3.63) is 63.1 Å². The highest BCUT2D eigenvalue weighted by Gasteiger charge is 2.31. The molecule has 0 saturated carbocycles. The minimum atomic E-state index is -3.92. The molecule has 0 aliphatic carbocycles. The minimum Gasteiger partial charge on any atom is -0.379 e. The van der Waals surface area contributed by atoms with Gasteiger partial charge in [-0.2, -0.15) is 4.31 Å². The molecule has 0 spiro atoms. The fourth-order valence-corrected chi connectivity index (χ4v) is 5.45. The summed E-state index contributed by atoms with van der Waals surface area (Å²) < 4.78 is 32.7. The Hall–Kier alpha value is -2.08. The lowest BCUT2D eigenvalue weighted by molar-refractivity contribution is 0.0730. The van der Waals surface area contributed by atoms with Crippen LogP contribution < -0.4 is 0 Å². The van der Waals surface area contributed by atoms with E-state index in [-0.39, 0.29) is 46.7 Å². The summed E-state index contributed by atoms with van der Waals surface area (Å²) in [6.45, 7) is 3.27. The molecule has 0 aromatic heterocycles. The number of amides is 1. The highest BCUT2D eigenvalue weighted by Crippen LogP contribution is 2.32. The van der Waals surface area contributed by atoms with E-state index in [2.05, 4.69) is 5.92 Å². The average molecular weight is 481 g/mol. The van der Waals surface area contributed by atoms with Gasteiger partial charge in [0.1, 0.15) is 4.90 Å². The van der Waals surface area contributed by atoms with Gasteiger partial charge in [0, 0.05) is 19.6 Å². The average Bonchev–Trinajstić information content (AvgIpc) is 2.75. The van der Waals surface area contributed by atoms with Crippen LogP contribution in [0, 0.1) is 19.3 Å². The molecule has 1 aliphatic heterocycles. The Bertz CT molecular complexity index is 1110. The fraction of sp³-hybridized carbons (Fsp3) is 0.318. The van der Waals surface area contributed by atoms with E-state index in [4.69, 9.17) is 34.4 Å². The highest BCUT2D eigenvalue weighted by atomic mass is 35.5. The van der Waals surface area contributed by atoms with Gasteiger partial charge >= 0.3 is 0 Å². The Labute approximate surface area is 192 Å². The molecule has 3 rings (SSSR count). The molecule has 0 unspecified atom stereocenters. The molecule has 6 nitrogen and oxygen atoms in total. The van der Waals surface area contributed by atoms with Crippen LogP contribution in [0.25, 0.3) is 0 Å². The third kappa shape index (κ3) is 5.40. The van der Waals surface area contributed by atoms with Crippen LogP contribution in [0.3, 0.4) is 0 Å². The van der Waals surface area contributed by atoms with Crippen molar-refractivity contribution < 1.29 is 17.9 Å². The lowest BCUT2D eigenvalue weighted by Crippen LogP contribution is -2.40. The van der Waals surface area contributed by atoms with Crippen LogP contribution in [0.4, 0.5) is 0 Å². The van der Waals surface area contributed by atoms with Crippen LogP contribution in [0.5, 0.6) is 0 Å². The number of hydrogen-bond donors (Lipinski definition) is 0. The third-order valence-electron chi connectivity index (χ3n) is 4.90. The van der Waals surface area contributed by atoms with Gasteiger partial charge in [0.2, 0.25) is 10.0 Å². The van der Waals surface area contributed by atoms with Crippen LogP contribution in [-0.4, -0.2) is 56.4 Å². The Morgan fingerprint density at radius 2 is 1.81 bits per heavy atom. The van der Waals surface area contributed by atoms with Crippen molar-refractivity contribution in [2.45, 2.75) is 18.4 Å². The Morgan fingerprint density at radius 1 is 1.16 bits per heavy atom. The van der Waals surface area contributed by atoms with E-state index in [0.717, 1.165) is 11.1 Å². The maximum atomic E-state index is 13.3. The largest absolute Gasteiger partial charge is 0.379 e. The monoisotopic (exact) mass is 480 g/mol. The number of carbonyl (C=O) groups excluding carboxylic acids is 1. The molecule has 9 heteroatoms. The van der Waals surface area contributed by atoms with Crippen LogP contribution >= 0.6 is 23.2 Å². The van der Waals surface area contributed by atoms with Crippen molar-refractivity contribution in [2.24, 2.45) is 0 Å². The van der Waals surface area contributed by atoms with Gasteiger partial charge in [0.05, 0.1) is 35.4 Å². The zero-order valence-corrected chi connectivity index (χ0v) is 19.3.